The molecule has 5 rings (SSSR count). The average Bonchev–Trinajstić information content (AvgIpc) is 2.98. The first-order valence-electron chi connectivity index (χ1n) is 13.4. The van der Waals surface area contributed by atoms with Gasteiger partial charge >= 0.3 is 6.11 Å². The van der Waals surface area contributed by atoms with Crippen LogP contribution >= 0.6 is 0 Å². The summed E-state index contributed by atoms with van der Waals surface area (Å²) in [6, 6.07) is 9.98. The van der Waals surface area contributed by atoms with Gasteiger partial charge in [0.2, 0.25) is 0 Å². The van der Waals surface area contributed by atoms with Crippen molar-refractivity contribution in [2.24, 2.45) is 5.92 Å². The van der Waals surface area contributed by atoms with Crippen LogP contribution in [0.1, 0.15) is 30.3 Å². The predicted octanol–water partition coefficient (Wildman–Crippen LogP) is 9.61. The summed E-state index contributed by atoms with van der Waals surface area (Å²) in [4.78, 5) is 0. The number of benzene rings is 4. The largest absolute Gasteiger partial charge is 0.429 e. The number of halogens is 8. The maximum atomic E-state index is 15.0. The first-order chi connectivity index (χ1) is 21.0. The number of alkyl halides is 2. The van der Waals surface area contributed by atoms with E-state index in [0.29, 0.717) is 31.4 Å². The van der Waals surface area contributed by atoms with Crippen molar-refractivity contribution in [1.29, 1.82) is 0 Å². The number of rotatable bonds is 9. The van der Waals surface area contributed by atoms with Crippen LogP contribution in [0, 0.1) is 40.8 Å². The molecule has 0 N–H and O–H groups in total. The van der Waals surface area contributed by atoms with Crippen LogP contribution in [0.3, 0.4) is 0 Å². The van der Waals surface area contributed by atoms with E-state index in [9.17, 15) is 35.1 Å². The molecule has 0 bridgehead atoms. The Morgan fingerprint density at radius 1 is 0.727 bits per heavy atom. The van der Waals surface area contributed by atoms with Gasteiger partial charge in [-0.05, 0) is 66.4 Å². The van der Waals surface area contributed by atoms with Crippen LogP contribution in [0.25, 0.3) is 22.3 Å². The van der Waals surface area contributed by atoms with E-state index in [-0.39, 0.29) is 33.7 Å². The highest BCUT2D eigenvalue weighted by molar-refractivity contribution is 5.72. The summed E-state index contributed by atoms with van der Waals surface area (Å²) in [5, 5.41) is 0. The lowest BCUT2D eigenvalue weighted by atomic mass is 9.99. The van der Waals surface area contributed by atoms with Crippen LogP contribution in [0.5, 0.6) is 5.75 Å². The van der Waals surface area contributed by atoms with Crippen LogP contribution in [0.2, 0.25) is 0 Å². The molecule has 0 amide bonds. The standard InChI is InChI=1S/C33H24F8O3/c1-2-3-4-18-16-42-32(43-17-18)20-6-10-25(28(36)12-20)33(40,41)44-22-7-9-23(27(35)15-22)19-5-8-24(26(34)11-19)21-13-29(37)31(39)30(38)14-21/h2,5-15,18,32H,1,3-4,16-17H2. The average molecular weight is 621 g/mol. The molecule has 0 radical (unpaired) electrons. The normalized spacial score (nSPS) is 17.0. The molecule has 0 unspecified atom stereocenters. The van der Waals surface area contributed by atoms with E-state index in [1.54, 1.807) is 6.08 Å². The minimum Gasteiger partial charge on any atom is -0.429 e. The fourth-order valence-electron chi connectivity index (χ4n) is 4.79. The van der Waals surface area contributed by atoms with Gasteiger partial charge in [0.1, 0.15) is 23.2 Å². The second kappa shape index (κ2) is 12.8. The number of hydrogen-bond acceptors (Lipinski definition) is 3. The third-order valence-electron chi connectivity index (χ3n) is 7.09. The number of ether oxygens (including phenoxy) is 3. The Bertz CT molecular complexity index is 1660. The summed E-state index contributed by atoms with van der Waals surface area (Å²) >= 11 is 0. The Labute approximate surface area is 247 Å². The third-order valence-corrected chi connectivity index (χ3v) is 7.09. The number of allylic oxidation sites excluding steroid dienone is 1. The van der Waals surface area contributed by atoms with Gasteiger partial charge in [0, 0.05) is 28.7 Å². The SMILES string of the molecule is C=CCCC1COC(c2ccc(C(F)(F)Oc3ccc(-c4ccc(-c5cc(F)c(F)c(F)c5)c(F)c4)c(F)c3)c(F)c2)OC1. The fourth-order valence-corrected chi connectivity index (χ4v) is 4.79. The minimum atomic E-state index is -4.20. The second-order valence-electron chi connectivity index (χ2n) is 10.2. The van der Waals surface area contributed by atoms with Gasteiger partial charge in [-0.25, -0.2) is 26.3 Å². The molecule has 1 saturated heterocycles. The summed E-state index contributed by atoms with van der Waals surface area (Å²) in [6.07, 6.45) is -1.76. The van der Waals surface area contributed by atoms with Gasteiger partial charge in [-0.1, -0.05) is 24.3 Å². The quantitative estimate of drug-likeness (QED) is 0.106. The predicted molar refractivity (Wildman–Crippen MR) is 146 cm³/mol. The molecule has 4 aromatic rings. The van der Waals surface area contributed by atoms with Gasteiger partial charge in [0.25, 0.3) is 0 Å². The lowest BCUT2D eigenvalue weighted by Gasteiger charge is -2.29. The second-order valence-corrected chi connectivity index (χ2v) is 10.2. The Morgan fingerprint density at radius 2 is 1.34 bits per heavy atom. The Balaban J connectivity index is 1.29. The summed E-state index contributed by atoms with van der Waals surface area (Å²) in [6.45, 7) is 4.37. The topological polar surface area (TPSA) is 27.7 Å². The molecule has 1 heterocycles. The van der Waals surface area contributed by atoms with Crippen molar-refractivity contribution < 1.29 is 49.3 Å². The van der Waals surface area contributed by atoms with Crippen molar-refractivity contribution >= 4 is 0 Å². The highest BCUT2D eigenvalue weighted by Gasteiger charge is 2.38. The summed E-state index contributed by atoms with van der Waals surface area (Å²) in [5.74, 6) is -8.61. The van der Waals surface area contributed by atoms with Crippen LogP contribution < -0.4 is 4.74 Å². The maximum Gasteiger partial charge on any atom is 0.429 e. The van der Waals surface area contributed by atoms with Crippen molar-refractivity contribution in [2.45, 2.75) is 25.2 Å². The lowest BCUT2D eigenvalue weighted by Crippen LogP contribution is -2.27. The molecular formula is C33H24F8O3. The van der Waals surface area contributed by atoms with Crippen LogP contribution in [-0.4, -0.2) is 13.2 Å². The Kier molecular flexibility index (Phi) is 9.07. The van der Waals surface area contributed by atoms with E-state index in [0.717, 1.165) is 49.2 Å². The fraction of sp³-hybridized carbons (Fsp3) is 0.212. The number of hydrogen-bond donors (Lipinski definition) is 0. The molecule has 0 aliphatic carbocycles. The van der Waals surface area contributed by atoms with Crippen molar-refractivity contribution in [3.63, 3.8) is 0 Å². The summed E-state index contributed by atoms with van der Waals surface area (Å²) in [5.41, 5.74) is -1.72. The van der Waals surface area contributed by atoms with Crippen molar-refractivity contribution in [2.75, 3.05) is 13.2 Å². The molecular weight excluding hydrogens is 596 g/mol. The maximum absolute atomic E-state index is 15.0. The molecule has 0 aromatic heterocycles. The smallest absolute Gasteiger partial charge is 0.429 e. The van der Waals surface area contributed by atoms with Gasteiger partial charge in [-0.3, -0.25) is 0 Å². The Hall–Kier alpha value is -4.22. The lowest BCUT2D eigenvalue weighted by molar-refractivity contribution is -0.206. The first-order valence-corrected chi connectivity index (χ1v) is 13.4. The highest BCUT2D eigenvalue weighted by Crippen LogP contribution is 2.37. The molecule has 0 spiro atoms. The van der Waals surface area contributed by atoms with Gasteiger partial charge in [0.15, 0.2) is 23.7 Å². The van der Waals surface area contributed by atoms with Crippen molar-refractivity contribution in [1.82, 2.24) is 0 Å². The van der Waals surface area contributed by atoms with E-state index < -0.39 is 58.6 Å². The van der Waals surface area contributed by atoms with E-state index >= 15 is 0 Å². The molecule has 3 nitrogen and oxygen atoms in total. The van der Waals surface area contributed by atoms with Gasteiger partial charge in [-0.15, -0.1) is 6.58 Å². The van der Waals surface area contributed by atoms with E-state index in [2.05, 4.69) is 11.3 Å². The Morgan fingerprint density at radius 3 is 1.95 bits per heavy atom. The zero-order valence-corrected chi connectivity index (χ0v) is 22.9. The van der Waals surface area contributed by atoms with E-state index in [4.69, 9.17) is 9.47 Å². The van der Waals surface area contributed by atoms with Crippen molar-refractivity contribution in [3.8, 4) is 28.0 Å². The van der Waals surface area contributed by atoms with E-state index in [1.807, 2.05) is 0 Å². The van der Waals surface area contributed by atoms with Crippen LogP contribution in [-0.2, 0) is 15.6 Å². The van der Waals surface area contributed by atoms with E-state index in [1.165, 1.54) is 12.1 Å². The van der Waals surface area contributed by atoms with Gasteiger partial charge in [0.05, 0.1) is 18.8 Å². The molecule has 1 aliphatic heterocycles. The van der Waals surface area contributed by atoms with Gasteiger partial charge in [-0.2, -0.15) is 8.78 Å². The third kappa shape index (κ3) is 6.63. The summed E-state index contributed by atoms with van der Waals surface area (Å²) < 4.78 is 131. The zero-order valence-electron chi connectivity index (χ0n) is 22.9. The molecule has 44 heavy (non-hydrogen) atoms. The van der Waals surface area contributed by atoms with Crippen molar-refractivity contribution in [3.05, 3.63) is 125 Å². The molecule has 1 fully saturated rings. The first kappa shape index (κ1) is 31.2. The molecule has 0 saturated carbocycles. The highest BCUT2D eigenvalue weighted by atomic mass is 19.3. The van der Waals surface area contributed by atoms with Crippen LogP contribution in [0.4, 0.5) is 35.1 Å². The zero-order chi connectivity index (χ0) is 31.6. The van der Waals surface area contributed by atoms with Crippen LogP contribution in [0.15, 0.2) is 79.4 Å². The van der Waals surface area contributed by atoms with Gasteiger partial charge < -0.3 is 14.2 Å². The molecule has 4 aromatic carbocycles. The minimum absolute atomic E-state index is 0.0362. The molecule has 0 atom stereocenters. The summed E-state index contributed by atoms with van der Waals surface area (Å²) in [7, 11) is 0. The monoisotopic (exact) mass is 620 g/mol. The molecule has 11 heteroatoms. The molecule has 1 aliphatic rings. The molecule has 230 valence electrons.